The molecule has 4 rings (SSSR count). The molecule has 4 heteroatoms. The minimum absolute atomic E-state index is 0.474. The summed E-state index contributed by atoms with van der Waals surface area (Å²) in [5.41, 5.74) is 5.45. The maximum Gasteiger partial charge on any atom is 0.133 e. The molecule has 1 atom stereocenters. The molecule has 1 N–H and O–H groups in total. The Hall–Kier alpha value is -2.82. The fourth-order valence-electron chi connectivity index (χ4n) is 3.20. The van der Waals surface area contributed by atoms with E-state index >= 15 is 0 Å². The van der Waals surface area contributed by atoms with Gasteiger partial charge in [-0.2, -0.15) is 0 Å². The van der Waals surface area contributed by atoms with E-state index in [1.165, 1.54) is 16.0 Å². The normalized spacial score (nSPS) is 12.1. The molecule has 0 amide bonds. The Labute approximate surface area is 169 Å². The second kappa shape index (κ2) is 8.05. The van der Waals surface area contributed by atoms with Crippen LogP contribution in [0.2, 0.25) is 0 Å². The summed E-state index contributed by atoms with van der Waals surface area (Å²) in [6.07, 6.45) is 1.99. The molecule has 0 aliphatic carbocycles. The molecule has 2 aromatic heterocycles. The highest BCUT2D eigenvalue weighted by Gasteiger charge is 2.09. The van der Waals surface area contributed by atoms with Gasteiger partial charge in [-0.05, 0) is 48.7 Å². The first-order valence-corrected chi connectivity index (χ1v) is 10.2. The van der Waals surface area contributed by atoms with E-state index < -0.39 is 6.10 Å². The standard InChI is InChI=1S/C24H22N2OS/c1-16-5-3-8-20(13-16)22-9-10-23(28-22)21-11-12-25-24(26-21)15-18-6-4-7-19(14-18)17(2)27/h3-14,17,27H,15H2,1-2H3. The van der Waals surface area contributed by atoms with Crippen molar-refractivity contribution in [2.45, 2.75) is 26.4 Å². The number of aliphatic hydroxyl groups excluding tert-OH is 1. The minimum atomic E-state index is -0.474. The number of aromatic nitrogens is 2. The van der Waals surface area contributed by atoms with Crippen LogP contribution >= 0.6 is 11.3 Å². The first-order chi connectivity index (χ1) is 13.6. The summed E-state index contributed by atoms with van der Waals surface area (Å²) in [5.74, 6) is 0.783. The van der Waals surface area contributed by atoms with E-state index in [2.05, 4.69) is 48.3 Å². The van der Waals surface area contributed by atoms with Crippen molar-refractivity contribution < 1.29 is 5.11 Å². The maximum absolute atomic E-state index is 9.79. The van der Waals surface area contributed by atoms with E-state index in [4.69, 9.17) is 4.98 Å². The van der Waals surface area contributed by atoms with E-state index in [0.717, 1.165) is 27.5 Å². The molecule has 0 saturated heterocycles. The van der Waals surface area contributed by atoms with Gasteiger partial charge in [-0.3, -0.25) is 0 Å². The summed E-state index contributed by atoms with van der Waals surface area (Å²) in [6.45, 7) is 3.89. The molecular formula is C24H22N2OS. The van der Waals surface area contributed by atoms with E-state index in [9.17, 15) is 5.11 Å². The molecule has 0 saturated carbocycles. The van der Waals surface area contributed by atoms with Crippen molar-refractivity contribution in [2.24, 2.45) is 0 Å². The van der Waals surface area contributed by atoms with Crippen molar-refractivity contribution in [3.8, 4) is 21.0 Å². The smallest absolute Gasteiger partial charge is 0.133 e. The molecule has 0 fully saturated rings. The Morgan fingerprint density at radius 3 is 2.61 bits per heavy atom. The SMILES string of the molecule is Cc1cccc(-c2ccc(-c3ccnc(Cc4cccc(C(C)O)c4)n3)s2)c1. The van der Waals surface area contributed by atoms with Crippen LogP contribution in [0.15, 0.2) is 72.9 Å². The fraction of sp³-hybridized carbons (Fsp3) is 0.167. The van der Waals surface area contributed by atoms with Crippen molar-refractivity contribution in [1.82, 2.24) is 9.97 Å². The highest BCUT2D eigenvalue weighted by molar-refractivity contribution is 7.18. The van der Waals surface area contributed by atoms with Crippen LogP contribution in [0, 0.1) is 6.92 Å². The summed E-state index contributed by atoms with van der Waals surface area (Å²) in [5, 5.41) is 9.79. The molecule has 28 heavy (non-hydrogen) atoms. The van der Waals surface area contributed by atoms with Gasteiger partial charge in [0.05, 0.1) is 16.7 Å². The molecule has 2 heterocycles. The highest BCUT2D eigenvalue weighted by atomic mass is 32.1. The Kier molecular flexibility index (Phi) is 5.33. The predicted molar refractivity (Wildman–Crippen MR) is 115 cm³/mol. The fourth-order valence-corrected chi connectivity index (χ4v) is 4.17. The van der Waals surface area contributed by atoms with Crippen LogP contribution < -0.4 is 0 Å². The van der Waals surface area contributed by atoms with Crippen LogP contribution in [0.4, 0.5) is 0 Å². The van der Waals surface area contributed by atoms with Gasteiger partial charge >= 0.3 is 0 Å². The molecule has 0 radical (unpaired) electrons. The lowest BCUT2D eigenvalue weighted by atomic mass is 10.0. The summed E-state index contributed by atoms with van der Waals surface area (Å²) in [4.78, 5) is 11.6. The molecular weight excluding hydrogens is 364 g/mol. The molecule has 0 aliphatic heterocycles. The molecule has 3 nitrogen and oxygen atoms in total. The van der Waals surface area contributed by atoms with Crippen LogP contribution in [0.1, 0.15) is 35.5 Å². The second-order valence-corrected chi connectivity index (χ2v) is 8.07. The second-order valence-electron chi connectivity index (χ2n) is 6.99. The Bertz CT molecular complexity index is 1100. The quantitative estimate of drug-likeness (QED) is 0.470. The predicted octanol–water partition coefficient (Wildman–Crippen LogP) is 5.82. The summed E-state index contributed by atoms with van der Waals surface area (Å²) in [7, 11) is 0. The third-order valence-electron chi connectivity index (χ3n) is 4.66. The van der Waals surface area contributed by atoms with Gasteiger partial charge in [0.1, 0.15) is 5.82 Å². The lowest BCUT2D eigenvalue weighted by Crippen LogP contribution is -1.99. The van der Waals surface area contributed by atoms with Gasteiger partial charge in [-0.15, -0.1) is 11.3 Å². The monoisotopic (exact) mass is 386 g/mol. The number of thiophene rings is 1. The van der Waals surface area contributed by atoms with Gasteiger partial charge in [0.25, 0.3) is 0 Å². The van der Waals surface area contributed by atoms with Gasteiger partial charge < -0.3 is 5.11 Å². The molecule has 0 spiro atoms. The zero-order valence-corrected chi connectivity index (χ0v) is 16.8. The molecule has 140 valence electrons. The first-order valence-electron chi connectivity index (χ1n) is 9.34. The largest absolute Gasteiger partial charge is 0.389 e. The maximum atomic E-state index is 9.79. The lowest BCUT2D eigenvalue weighted by molar-refractivity contribution is 0.199. The lowest BCUT2D eigenvalue weighted by Gasteiger charge is -2.07. The van der Waals surface area contributed by atoms with Crippen LogP contribution in [0.5, 0.6) is 0 Å². The van der Waals surface area contributed by atoms with Crippen molar-refractivity contribution in [3.63, 3.8) is 0 Å². The zero-order chi connectivity index (χ0) is 19.5. The van der Waals surface area contributed by atoms with E-state index in [1.807, 2.05) is 36.5 Å². The number of hydrogen-bond acceptors (Lipinski definition) is 4. The third-order valence-corrected chi connectivity index (χ3v) is 5.82. The van der Waals surface area contributed by atoms with Crippen molar-refractivity contribution in [3.05, 3.63) is 95.4 Å². The number of rotatable bonds is 5. The van der Waals surface area contributed by atoms with Crippen LogP contribution in [-0.2, 0) is 6.42 Å². The highest BCUT2D eigenvalue weighted by Crippen LogP contribution is 2.33. The molecule has 1 unspecified atom stereocenters. The van der Waals surface area contributed by atoms with Crippen LogP contribution in [-0.4, -0.2) is 15.1 Å². The van der Waals surface area contributed by atoms with Gasteiger partial charge in [0.15, 0.2) is 0 Å². The summed E-state index contributed by atoms with van der Waals surface area (Å²) >= 11 is 1.75. The van der Waals surface area contributed by atoms with E-state index in [1.54, 1.807) is 18.3 Å². The van der Waals surface area contributed by atoms with Crippen LogP contribution in [0.3, 0.4) is 0 Å². The zero-order valence-electron chi connectivity index (χ0n) is 16.0. The molecule has 2 aromatic carbocycles. The van der Waals surface area contributed by atoms with Gasteiger partial charge in [0.2, 0.25) is 0 Å². The van der Waals surface area contributed by atoms with Gasteiger partial charge in [0, 0.05) is 17.5 Å². The number of benzene rings is 2. The Morgan fingerprint density at radius 2 is 1.79 bits per heavy atom. The molecule has 4 aromatic rings. The van der Waals surface area contributed by atoms with Gasteiger partial charge in [-0.25, -0.2) is 9.97 Å². The number of hydrogen-bond donors (Lipinski definition) is 1. The Balaban J connectivity index is 1.58. The van der Waals surface area contributed by atoms with Crippen molar-refractivity contribution in [1.29, 1.82) is 0 Å². The average Bonchev–Trinajstić information content (AvgIpc) is 3.19. The first kappa shape index (κ1) is 18.5. The number of nitrogens with zero attached hydrogens (tertiary/aromatic N) is 2. The minimum Gasteiger partial charge on any atom is -0.389 e. The van der Waals surface area contributed by atoms with Crippen molar-refractivity contribution >= 4 is 11.3 Å². The Morgan fingerprint density at radius 1 is 0.964 bits per heavy atom. The van der Waals surface area contributed by atoms with E-state index in [-0.39, 0.29) is 0 Å². The molecule has 0 bridgehead atoms. The number of aliphatic hydroxyl groups is 1. The number of aryl methyl sites for hydroxylation is 1. The summed E-state index contributed by atoms with van der Waals surface area (Å²) in [6, 6.07) is 22.8. The van der Waals surface area contributed by atoms with Gasteiger partial charge in [-0.1, -0.05) is 54.1 Å². The topological polar surface area (TPSA) is 46.0 Å². The summed E-state index contributed by atoms with van der Waals surface area (Å²) < 4.78 is 0. The third kappa shape index (κ3) is 4.19. The van der Waals surface area contributed by atoms with Crippen LogP contribution in [0.25, 0.3) is 21.0 Å². The van der Waals surface area contributed by atoms with Crippen molar-refractivity contribution in [2.75, 3.05) is 0 Å². The molecule has 0 aliphatic rings. The average molecular weight is 387 g/mol. The van der Waals surface area contributed by atoms with E-state index in [0.29, 0.717) is 6.42 Å².